The monoisotopic (exact) mass is 359 g/mol. The third-order valence-electron chi connectivity index (χ3n) is 2.49. The SMILES string of the molecule is O=[N+]([O-])c1ccc(Oc2ccc(CCl)cc2Br)cc1F. The van der Waals surface area contributed by atoms with Crippen LogP contribution in [0, 0.1) is 15.9 Å². The topological polar surface area (TPSA) is 52.4 Å². The smallest absolute Gasteiger partial charge is 0.305 e. The Hall–Kier alpha value is -1.66. The van der Waals surface area contributed by atoms with Gasteiger partial charge in [-0.25, -0.2) is 0 Å². The van der Waals surface area contributed by atoms with Crippen molar-refractivity contribution in [3.63, 3.8) is 0 Å². The summed E-state index contributed by atoms with van der Waals surface area (Å²) in [6.45, 7) is 0. The molecule has 2 aromatic rings. The van der Waals surface area contributed by atoms with Crippen LogP contribution in [0.5, 0.6) is 11.5 Å². The molecule has 0 saturated carbocycles. The second kappa shape index (κ2) is 6.19. The van der Waals surface area contributed by atoms with Crippen LogP contribution >= 0.6 is 27.5 Å². The number of halogens is 3. The van der Waals surface area contributed by atoms with Crippen LogP contribution in [-0.2, 0) is 5.88 Å². The Morgan fingerprint density at radius 2 is 2.05 bits per heavy atom. The van der Waals surface area contributed by atoms with Crippen molar-refractivity contribution < 1.29 is 14.1 Å². The third kappa shape index (κ3) is 3.26. The molecule has 0 atom stereocenters. The summed E-state index contributed by atoms with van der Waals surface area (Å²) in [5.74, 6) is 0.0611. The van der Waals surface area contributed by atoms with Crippen molar-refractivity contribution in [2.24, 2.45) is 0 Å². The summed E-state index contributed by atoms with van der Waals surface area (Å²) in [6, 6.07) is 8.61. The second-order valence-electron chi connectivity index (χ2n) is 3.87. The molecule has 0 saturated heterocycles. The molecule has 0 aromatic heterocycles. The standard InChI is InChI=1S/C13H8BrClFNO3/c14-10-5-8(7-15)1-4-13(10)20-9-2-3-12(17(18)19)11(16)6-9/h1-6H,7H2. The molecule has 0 aliphatic heterocycles. The zero-order valence-corrected chi connectivity index (χ0v) is 12.3. The molecule has 7 heteroatoms. The first-order valence-corrected chi connectivity index (χ1v) is 6.80. The molecule has 0 amide bonds. The van der Waals surface area contributed by atoms with Gasteiger partial charge in [0.1, 0.15) is 11.5 Å². The number of hydrogen-bond acceptors (Lipinski definition) is 3. The van der Waals surface area contributed by atoms with E-state index in [1.165, 1.54) is 6.07 Å². The fourth-order valence-corrected chi connectivity index (χ4v) is 2.21. The van der Waals surface area contributed by atoms with Gasteiger partial charge >= 0.3 is 5.69 Å². The zero-order chi connectivity index (χ0) is 14.7. The maximum Gasteiger partial charge on any atom is 0.305 e. The Bertz CT molecular complexity index is 666. The molecule has 0 bridgehead atoms. The van der Waals surface area contributed by atoms with Crippen molar-refractivity contribution in [3.05, 3.63) is 62.4 Å². The van der Waals surface area contributed by atoms with Crippen LogP contribution in [0.4, 0.5) is 10.1 Å². The van der Waals surface area contributed by atoms with Crippen LogP contribution in [0.25, 0.3) is 0 Å². The van der Waals surface area contributed by atoms with Gasteiger partial charge in [0.2, 0.25) is 5.82 Å². The van der Waals surface area contributed by atoms with E-state index in [1.54, 1.807) is 18.2 Å². The van der Waals surface area contributed by atoms with E-state index in [0.717, 1.165) is 17.7 Å². The van der Waals surface area contributed by atoms with Crippen molar-refractivity contribution in [2.45, 2.75) is 5.88 Å². The van der Waals surface area contributed by atoms with Gasteiger partial charge in [0.25, 0.3) is 0 Å². The highest BCUT2D eigenvalue weighted by Gasteiger charge is 2.15. The molecule has 0 aliphatic carbocycles. The maximum atomic E-state index is 13.5. The molecular formula is C13H8BrClFNO3. The van der Waals surface area contributed by atoms with Gasteiger partial charge in [0, 0.05) is 18.0 Å². The summed E-state index contributed by atoms with van der Waals surface area (Å²) < 4.78 is 19.6. The lowest BCUT2D eigenvalue weighted by molar-refractivity contribution is -0.387. The van der Waals surface area contributed by atoms with Crippen molar-refractivity contribution in [1.82, 2.24) is 0 Å². The number of ether oxygens (including phenoxy) is 1. The van der Waals surface area contributed by atoms with E-state index in [0.29, 0.717) is 16.1 Å². The van der Waals surface area contributed by atoms with Crippen molar-refractivity contribution in [1.29, 1.82) is 0 Å². The highest BCUT2D eigenvalue weighted by Crippen LogP contribution is 2.32. The van der Waals surface area contributed by atoms with Crippen LogP contribution in [-0.4, -0.2) is 4.92 Å². The van der Waals surface area contributed by atoms with E-state index in [2.05, 4.69) is 15.9 Å². The summed E-state index contributed by atoms with van der Waals surface area (Å²) in [7, 11) is 0. The van der Waals surface area contributed by atoms with Crippen molar-refractivity contribution in [2.75, 3.05) is 0 Å². The Morgan fingerprint density at radius 3 is 2.60 bits per heavy atom. The highest BCUT2D eigenvalue weighted by molar-refractivity contribution is 9.10. The Balaban J connectivity index is 2.26. The minimum absolute atomic E-state index is 0.174. The van der Waals surface area contributed by atoms with Gasteiger partial charge in [0.05, 0.1) is 9.40 Å². The predicted octanol–water partition coefficient (Wildman–Crippen LogP) is 5.03. The van der Waals surface area contributed by atoms with Crippen molar-refractivity contribution in [3.8, 4) is 11.5 Å². The fraction of sp³-hybridized carbons (Fsp3) is 0.0769. The van der Waals surface area contributed by atoms with Gasteiger partial charge in [-0.05, 0) is 39.7 Å². The fourth-order valence-electron chi connectivity index (χ4n) is 1.54. The summed E-state index contributed by atoms with van der Waals surface area (Å²) >= 11 is 9.02. The number of alkyl halides is 1. The van der Waals surface area contributed by atoms with Crippen LogP contribution in [0.1, 0.15) is 5.56 Å². The molecule has 4 nitrogen and oxygen atoms in total. The van der Waals surface area contributed by atoms with Gasteiger partial charge < -0.3 is 4.74 Å². The van der Waals surface area contributed by atoms with E-state index in [4.69, 9.17) is 16.3 Å². The van der Waals surface area contributed by atoms with Gasteiger partial charge in [-0.1, -0.05) is 6.07 Å². The molecule has 2 aromatic carbocycles. The zero-order valence-electron chi connectivity index (χ0n) is 9.98. The summed E-state index contributed by atoms with van der Waals surface area (Å²) in [5, 5.41) is 10.5. The van der Waals surface area contributed by atoms with E-state index in [-0.39, 0.29) is 5.75 Å². The molecule has 0 N–H and O–H groups in total. The predicted molar refractivity (Wildman–Crippen MR) is 76.8 cm³/mol. The Kier molecular flexibility index (Phi) is 4.57. The van der Waals surface area contributed by atoms with E-state index in [1.807, 2.05) is 0 Å². The molecule has 0 fully saturated rings. The van der Waals surface area contributed by atoms with Crippen LogP contribution < -0.4 is 4.74 Å². The molecule has 104 valence electrons. The lowest BCUT2D eigenvalue weighted by atomic mass is 10.2. The number of rotatable bonds is 4. The number of nitro benzene ring substituents is 1. The van der Waals surface area contributed by atoms with Crippen molar-refractivity contribution >= 4 is 33.2 Å². The molecular weight excluding hydrogens is 353 g/mol. The number of nitrogens with zero attached hydrogens (tertiary/aromatic N) is 1. The molecule has 0 heterocycles. The second-order valence-corrected chi connectivity index (χ2v) is 4.99. The van der Waals surface area contributed by atoms with Gasteiger partial charge in [0.15, 0.2) is 0 Å². The van der Waals surface area contributed by atoms with Crippen LogP contribution in [0.2, 0.25) is 0 Å². The Morgan fingerprint density at radius 1 is 1.30 bits per heavy atom. The quantitative estimate of drug-likeness (QED) is 0.436. The maximum absolute atomic E-state index is 13.5. The van der Waals surface area contributed by atoms with E-state index in [9.17, 15) is 14.5 Å². The molecule has 0 unspecified atom stereocenters. The lowest BCUT2D eigenvalue weighted by Gasteiger charge is -2.08. The van der Waals surface area contributed by atoms with Crippen LogP contribution in [0.15, 0.2) is 40.9 Å². The van der Waals surface area contributed by atoms with E-state index >= 15 is 0 Å². The highest BCUT2D eigenvalue weighted by atomic mass is 79.9. The first-order chi connectivity index (χ1) is 9.51. The lowest BCUT2D eigenvalue weighted by Crippen LogP contribution is -1.93. The number of nitro groups is 1. The van der Waals surface area contributed by atoms with E-state index < -0.39 is 16.4 Å². The molecule has 0 aliphatic rings. The normalized spacial score (nSPS) is 10.3. The third-order valence-corrected chi connectivity index (χ3v) is 3.42. The molecule has 0 spiro atoms. The molecule has 2 rings (SSSR count). The van der Waals surface area contributed by atoms with Crippen LogP contribution in [0.3, 0.4) is 0 Å². The average molecular weight is 361 g/mol. The van der Waals surface area contributed by atoms with Gasteiger partial charge in [-0.2, -0.15) is 4.39 Å². The van der Waals surface area contributed by atoms with Gasteiger partial charge in [-0.3, -0.25) is 10.1 Å². The summed E-state index contributed by atoms with van der Waals surface area (Å²) in [4.78, 5) is 9.73. The molecule has 0 radical (unpaired) electrons. The summed E-state index contributed by atoms with van der Waals surface area (Å²) in [5.41, 5.74) is 0.315. The first kappa shape index (κ1) is 14.7. The minimum atomic E-state index is -0.944. The average Bonchev–Trinajstić information content (AvgIpc) is 2.40. The van der Waals surface area contributed by atoms with Gasteiger partial charge in [-0.15, -0.1) is 11.6 Å². The number of benzene rings is 2. The minimum Gasteiger partial charge on any atom is -0.456 e. The molecule has 20 heavy (non-hydrogen) atoms. The first-order valence-electron chi connectivity index (χ1n) is 5.47. The summed E-state index contributed by atoms with van der Waals surface area (Å²) in [6.07, 6.45) is 0. The largest absolute Gasteiger partial charge is 0.456 e. The Labute approximate surface area is 127 Å². The number of hydrogen-bond donors (Lipinski definition) is 0.